The van der Waals surface area contributed by atoms with Gasteiger partial charge < -0.3 is 15.8 Å². The van der Waals surface area contributed by atoms with Gasteiger partial charge in [0.2, 0.25) is 0 Å². The molecule has 0 saturated heterocycles. The Morgan fingerprint density at radius 3 is 2.83 bits per heavy atom. The summed E-state index contributed by atoms with van der Waals surface area (Å²) in [5.74, 6) is 0.230. The molecule has 0 aliphatic heterocycles. The number of nitrogens with two attached hydrogens (primary N) is 1. The molecule has 0 aromatic carbocycles. The molecule has 0 aromatic rings. The molecule has 0 aromatic heterocycles. The monoisotopic (exact) mass is 174 g/mol. The Morgan fingerprint density at radius 1 is 1.50 bits per heavy atom. The molecule has 0 atom stereocenters. The van der Waals surface area contributed by atoms with Crippen molar-refractivity contribution in [2.75, 3.05) is 32.8 Å². The summed E-state index contributed by atoms with van der Waals surface area (Å²) in [5, 5.41) is 2.98. The zero-order valence-corrected chi connectivity index (χ0v) is 7.64. The summed E-state index contributed by atoms with van der Waals surface area (Å²) in [4.78, 5) is 10.8. The van der Waals surface area contributed by atoms with E-state index in [9.17, 15) is 4.79 Å². The highest BCUT2D eigenvalue weighted by molar-refractivity contribution is 5.79. The minimum Gasteiger partial charge on any atom is -0.379 e. The first kappa shape index (κ1) is 11.6. The van der Waals surface area contributed by atoms with E-state index in [1.807, 2.05) is 6.92 Å². The summed E-state index contributed by atoms with van der Waals surface area (Å²) in [6, 6.07) is 0. The van der Waals surface area contributed by atoms with Gasteiger partial charge in [-0.05, 0) is 0 Å². The van der Waals surface area contributed by atoms with Crippen LogP contribution in [0.3, 0.4) is 0 Å². The molecule has 0 aliphatic carbocycles. The van der Waals surface area contributed by atoms with Crippen LogP contribution in [0.25, 0.3) is 0 Å². The van der Waals surface area contributed by atoms with Gasteiger partial charge in [0, 0.05) is 19.5 Å². The van der Waals surface area contributed by atoms with Gasteiger partial charge in [0.1, 0.15) is 5.78 Å². The van der Waals surface area contributed by atoms with E-state index in [1.165, 1.54) is 0 Å². The van der Waals surface area contributed by atoms with Crippen molar-refractivity contribution in [1.82, 2.24) is 5.32 Å². The highest BCUT2D eigenvalue weighted by atomic mass is 16.5. The molecule has 3 N–H and O–H groups in total. The summed E-state index contributed by atoms with van der Waals surface area (Å²) < 4.78 is 5.10. The van der Waals surface area contributed by atoms with E-state index in [2.05, 4.69) is 5.32 Å². The van der Waals surface area contributed by atoms with Gasteiger partial charge in [0.25, 0.3) is 0 Å². The van der Waals surface area contributed by atoms with Crippen molar-refractivity contribution in [2.45, 2.75) is 13.3 Å². The van der Waals surface area contributed by atoms with Gasteiger partial charge in [-0.25, -0.2) is 0 Å². The van der Waals surface area contributed by atoms with Crippen molar-refractivity contribution in [3.05, 3.63) is 0 Å². The van der Waals surface area contributed by atoms with Gasteiger partial charge in [-0.3, -0.25) is 4.79 Å². The Hall–Kier alpha value is -0.450. The van der Waals surface area contributed by atoms with E-state index in [4.69, 9.17) is 10.5 Å². The first-order chi connectivity index (χ1) is 5.81. The molecule has 72 valence electrons. The van der Waals surface area contributed by atoms with Crippen LogP contribution in [0.2, 0.25) is 0 Å². The van der Waals surface area contributed by atoms with E-state index in [0.717, 1.165) is 0 Å². The molecule has 0 heterocycles. The number of ketones is 1. The average molecular weight is 174 g/mol. The van der Waals surface area contributed by atoms with Crippen molar-refractivity contribution in [3.63, 3.8) is 0 Å². The maximum Gasteiger partial charge on any atom is 0.146 e. The smallest absolute Gasteiger partial charge is 0.146 e. The minimum atomic E-state index is 0.230. The molecule has 4 nitrogen and oxygen atoms in total. The zero-order chi connectivity index (χ0) is 9.23. The van der Waals surface area contributed by atoms with Crippen LogP contribution in [-0.2, 0) is 9.53 Å². The Bertz CT molecular complexity index is 118. The Labute approximate surface area is 73.5 Å². The lowest BCUT2D eigenvalue weighted by Gasteiger charge is -2.03. The second-order valence-corrected chi connectivity index (χ2v) is 2.47. The van der Waals surface area contributed by atoms with Crippen LogP contribution in [0.5, 0.6) is 0 Å². The predicted octanol–water partition coefficient (Wildman–Crippen LogP) is -0.470. The summed E-state index contributed by atoms with van der Waals surface area (Å²) in [6.07, 6.45) is 0.594. The fourth-order valence-electron chi connectivity index (χ4n) is 0.683. The highest BCUT2D eigenvalue weighted by Crippen LogP contribution is 1.77. The van der Waals surface area contributed by atoms with Crippen molar-refractivity contribution >= 4 is 5.78 Å². The number of ether oxygens (including phenoxy) is 1. The molecular formula is C8H18N2O2. The Morgan fingerprint density at radius 2 is 2.25 bits per heavy atom. The van der Waals surface area contributed by atoms with Crippen molar-refractivity contribution in [3.8, 4) is 0 Å². The molecule has 0 unspecified atom stereocenters. The first-order valence-corrected chi connectivity index (χ1v) is 4.31. The second kappa shape index (κ2) is 8.64. The van der Waals surface area contributed by atoms with Crippen molar-refractivity contribution in [2.24, 2.45) is 5.73 Å². The van der Waals surface area contributed by atoms with Crippen LogP contribution >= 0.6 is 0 Å². The fraction of sp³-hybridized carbons (Fsp3) is 0.875. The molecule has 0 radical (unpaired) electrons. The molecule has 12 heavy (non-hydrogen) atoms. The fourth-order valence-corrected chi connectivity index (χ4v) is 0.683. The van der Waals surface area contributed by atoms with Crippen LogP contribution in [0.1, 0.15) is 13.3 Å². The van der Waals surface area contributed by atoms with Crippen LogP contribution in [0, 0.1) is 0 Å². The molecule has 0 saturated carbocycles. The molecule has 0 aliphatic rings. The lowest BCUT2D eigenvalue weighted by atomic mass is 10.3. The number of rotatable bonds is 8. The molecular weight excluding hydrogens is 156 g/mol. The maximum absolute atomic E-state index is 10.8. The third-order valence-electron chi connectivity index (χ3n) is 1.40. The second-order valence-electron chi connectivity index (χ2n) is 2.47. The summed E-state index contributed by atoms with van der Waals surface area (Å²) >= 11 is 0. The number of nitrogens with one attached hydrogen (secondary N) is 1. The average Bonchev–Trinajstić information content (AvgIpc) is 2.10. The summed E-state index contributed by atoms with van der Waals surface area (Å²) in [6.45, 7) is 4.77. The van der Waals surface area contributed by atoms with Crippen molar-refractivity contribution in [1.29, 1.82) is 0 Å². The lowest BCUT2D eigenvalue weighted by molar-refractivity contribution is -0.117. The minimum absolute atomic E-state index is 0.230. The Balaban J connectivity index is 2.95. The van der Waals surface area contributed by atoms with E-state index in [-0.39, 0.29) is 5.78 Å². The van der Waals surface area contributed by atoms with Crippen LogP contribution < -0.4 is 11.1 Å². The third-order valence-corrected chi connectivity index (χ3v) is 1.40. The molecule has 0 spiro atoms. The van der Waals surface area contributed by atoms with Gasteiger partial charge >= 0.3 is 0 Å². The quantitative estimate of drug-likeness (QED) is 0.488. The molecule has 0 bridgehead atoms. The molecule has 0 fully saturated rings. The number of carbonyl (C=O) groups excluding carboxylic acids is 1. The topological polar surface area (TPSA) is 64.3 Å². The van der Waals surface area contributed by atoms with Crippen LogP contribution in [-0.4, -0.2) is 38.6 Å². The number of hydrogen-bond donors (Lipinski definition) is 2. The largest absolute Gasteiger partial charge is 0.379 e. The lowest BCUT2D eigenvalue weighted by Crippen LogP contribution is -2.26. The first-order valence-electron chi connectivity index (χ1n) is 4.31. The number of carbonyl (C=O) groups is 1. The van der Waals surface area contributed by atoms with Crippen LogP contribution in [0.15, 0.2) is 0 Å². The zero-order valence-electron chi connectivity index (χ0n) is 7.64. The molecule has 0 amide bonds. The molecule has 0 rings (SSSR count). The summed E-state index contributed by atoms with van der Waals surface area (Å²) in [5.41, 5.74) is 5.21. The van der Waals surface area contributed by atoms with Gasteiger partial charge in [-0.1, -0.05) is 6.92 Å². The molecule has 4 heteroatoms. The van der Waals surface area contributed by atoms with E-state index in [1.54, 1.807) is 0 Å². The van der Waals surface area contributed by atoms with E-state index < -0.39 is 0 Å². The third kappa shape index (κ3) is 7.65. The van der Waals surface area contributed by atoms with E-state index >= 15 is 0 Å². The normalized spacial score (nSPS) is 10.2. The van der Waals surface area contributed by atoms with Crippen molar-refractivity contribution < 1.29 is 9.53 Å². The van der Waals surface area contributed by atoms with Gasteiger partial charge in [-0.15, -0.1) is 0 Å². The predicted molar refractivity (Wildman–Crippen MR) is 48.0 cm³/mol. The number of Topliss-reactive ketones (excluding diaryl/α,β-unsaturated/α-hetero) is 1. The van der Waals surface area contributed by atoms with E-state index in [0.29, 0.717) is 39.3 Å². The number of hydrogen-bond acceptors (Lipinski definition) is 4. The van der Waals surface area contributed by atoms with Crippen LogP contribution in [0.4, 0.5) is 0 Å². The standard InChI is InChI=1S/C8H18N2O2/c1-2-8(11)7-10-4-6-12-5-3-9/h10H,2-7,9H2,1H3. The summed E-state index contributed by atoms with van der Waals surface area (Å²) in [7, 11) is 0. The van der Waals surface area contributed by atoms with Gasteiger partial charge in [0.15, 0.2) is 0 Å². The SMILES string of the molecule is CCC(=O)CNCCOCCN. The highest BCUT2D eigenvalue weighted by Gasteiger charge is 1.95. The maximum atomic E-state index is 10.8. The van der Waals surface area contributed by atoms with Gasteiger partial charge in [0.05, 0.1) is 19.8 Å². The van der Waals surface area contributed by atoms with Gasteiger partial charge in [-0.2, -0.15) is 0 Å². The Kier molecular flexibility index (Phi) is 8.32.